The number of hydrogen-bond donors (Lipinski definition) is 2. The van der Waals surface area contributed by atoms with Gasteiger partial charge in [-0.15, -0.1) is 0 Å². The van der Waals surface area contributed by atoms with Crippen LogP contribution in [0.2, 0.25) is 0 Å². The van der Waals surface area contributed by atoms with Crippen LogP contribution < -0.4 is 11.1 Å². The van der Waals surface area contributed by atoms with Crippen molar-refractivity contribution in [3.05, 3.63) is 0 Å². The van der Waals surface area contributed by atoms with Crippen LogP contribution in [0.3, 0.4) is 0 Å². The molecule has 0 aromatic heterocycles. The maximum absolute atomic E-state index is 5.78. The van der Waals surface area contributed by atoms with Crippen LogP contribution in [0.25, 0.3) is 0 Å². The lowest BCUT2D eigenvalue weighted by Crippen LogP contribution is -2.34. The molecule has 1 aliphatic rings. The number of hydrogen-bond acceptors (Lipinski definition) is 2. The summed E-state index contributed by atoms with van der Waals surface area (Å²) in [5.74, 6) is 1.54. The van der Waals surface area contributed by atoms with Crippen LogP contribution in [0.4, 0.5) is 0 Å². The van der Waals surface area contributed by atoms with Crippen molar-refractivity contribution in [2.45, 2.75) is 52.4 Å². The number of guanidine groups is 1. The molecule has 4 nitrogen and oxygen atoms in total. The number of piperidine rings is 1. The summed E-state index contributed by atoms with van der Waals surface area (Å²) in [5, 5.41) is 3.15. The molecule has 0 aromatic carbocycles. The zero-order valence-corrected chi connectivity index (χ0v) is 12.8. The molecule has 1 fully saturated rings. The van der Waals surface area contributed by atoms with Crippen LogP contribution in [-0.4, -0.2) is 43.6 Å². The van der Waals surface area contributed by atoms with Crippen molar-refractivity contribution in [1.82, 2.24) is 10.2 Å². The third-order valence-electron chi connectivity index (χ3n) is 3.88. The van der Waals surface area contributed by atoms with Crippen molar-refractivity contribution in [2.24, 2.45) is 16.6 Å². The molecule has 1 saturated heterocycles. The van der Waals surface area contributed by atoms with Gasteiger partial charge in [-0.25, -0.2) is 0 Å². The lowest BCUT2D eigenvalue weighted by molar-refractivity contribution is 0.190. The molecule has 1 rings (SSSR count). The summed E-state index contributed by atoms with van der Waals surface area (Å²) in [6, 6.07) is 0. The highest BCUT2D eigenvalue weighted by atomic mass is 15.1. The topological polar surface area (TPSA) is 53.6 Å². The van der Waals surface area contributed by atoms with Crippen LogP contribution in [-0.2, 0) is 0 Å². The molecule has 0 atom stereocenters. The molecule has 1 heterocycles. The fraction of sp³-hybridized carbons (Fsp3) is 0.933. The van der Waals surface area contributed by atoms with E-state index in [0.29, 0.717) is 5.96 Å². The van der Waals surface area contributed by atoms with Crippen LogP contribution in [0.5, 0.6) is 0 Å². The molecule has 112 valence electrons. The number of rotatable bonds is 8. The van der Waals surface area contributed by atoms with E-state index in [1.54, 1.807) is 0 Å². The molecule has 4 heteroatoms. The van der Waals surface area contributed by atoms with Crippen LogP contribution >= 0.6 is 0 Å². The molecular weight excluding hydrogens is 236 g/mol. The average Bonchev–Trinajstić information content (AvgIpc) is 2.41. The molecule has 0 unspecified atom stereocenters. The lowest BCUT2D eigenvalue weighted by atomic mass is 9.99. The molecular formula is C15H32N4. The highest BCUT2D eigenvalue weighted by molar-refractivity contribution is 5.77. The molecule has 0 spiro atoms. The SMILES string of the molecule is CCCCNC(N)=NCCCCN1CCC(C)CC1. The van der Waals surface area contributed by atoms with E-state index < -0.39 is 0 Å². The van der Waals surface area contributed by atoms with Gasteiger partial charge in [0.1, 0.15) is 0 Å². The van der Waals surface area contributed by atoms with Gasteiger partial charge in [0.05, 0.1) is 0 Å². The van der Waals surface area contributed by atoms with Crippen molar-refractivity contribution < 1.29 is 0 Å². The Labute approximate surface area is 118 Å². The van der Waals surface area contributed by atoms with E-state index in [0.717, 1.165) is 31.8 Å². The van der Waals surface area contributed by atoms with E-state index >= 15 is 0 Å². The highest BCUT2D eigenvalue weighted by Crippen LogP contribution is 2.16. The van der Waals surface area contributed by atoms with Crippen molar-refractivity contribution in [2.75, 3.05) is 32.7 Å². The second-order valence-electron chi connectivity index (χ2n) is 5.78. The monoisotopic (exact) mass is 268 g/mol. The summed E-state index contributed by atoms with van der Waals surface area (Å²) in [6.45, 7) is 10.1. The van der Waals surface area contributed by atoms with Crippen molar-refractivity contribution in [3.8, 4) is 0 Å². The van der Waals surface area contributed by atoms with E-state index in [1.807, 2.05) is 0 Å². The maximum Gasteiger partial charge on any atom is 0.188 e. The normalized spacial score (nSPS) is 18.7. The number of unbranched alkanes of at least 4 members (excludes halogenated alkanes) is 2. The largest absolute Gasteiger partial charge is 0.370 e. The Morgan fingerprint density at radius 1 is 1.26 bits per heavy atom. The predicted octanol–water partition coefficient (Wildman–Crippen LogP) is 2.20. The molecule has 3 N–H and O–H groups in total. The van der Waals surface area contributed by atoms with Gasteiger partial charge in [0.25, 0.3) is 0 Å². The Morgan fingerprint density at radius 2 is 2.00 bits per heavy atom. The van der Waals surface area contributed by atoms with Gasteiger partial charge in [-0.1, -0.05) is 20.3 Å². The van der Waals surface area contributed by atoms with Gasteiger partial charge >= 0.3 is 0 Å². The summed E-state index contributed by atoms with van der Waals surface area (Å²) >= 11 is 0. The molecule has 0 amide bonds. The van der Waals surface area contributed by atoms with Crippen LogP contribution in [0.1, 0.15) is 52.4 Å². The Kier molecular flexibility index (Phi) is 8.63. The Hall–Kier alpha value is -0.770. The second kappa shape index (κ2) is 10.1. The first-order chi connectivity index (χ1) is 9.22. The van der Waals surface area contributed by atoms with Crippen molar-refractivity contribution in [1.29, 1.82) is 0 Å². The fourth-order valence-electron chi connectivity index (χ4n) is 2.38. The number of nitrogens with one attached hydrogen (secondary N) is 1. The second-order valence-corrected chi connectivity index (χ2v) is 5.78. The number of likely N-dealkylation sites (tertiary alicyclic amines) is 1. The third-order valence-corrected chi connectivity index (χ3v) is 3.88. The smallest absolute Gasteiger partial charge is 0.188 e. The molecule has 0 bridgehead atoms. The molecule has 0 saturated carbocycles. The minimum Gasteiger partial charge on any atom is -0.370 e. The standard InChI is InChI=1S/C15H32N4/c1-3-4-9-17-15(16)18-10-5-6-11-19-12-7-14(2)8-13-19/h14H,3-13H2,1-2H3,(H3,16,17,18). The summed E-state index contributed by atoms with van der Waals surface area (Å²) < 4.78 is 0. The first-order valence-electron chi connectivity index (χ1n) is 7.98. The van der Waals surface area contributed by atoms with E-state index in [4.69, 9.17) is 5.73 Å². The molecule has 0 aliphatic carbocycles. The zero-order chi connectivity index (χ0) is 13.9. The minimum atomic E-state index is 0.611. The third kappa shape index (κ3) is 8.09. The molecule has 0 radical (unpaired) electrons. The van der Waals surface area contributed by atoms with E-state index in [2.05, 4.69) is 29.1 Å². The predicted molar refractivity (Wildman–Crippen MR) is 83.5 cm³/mol. The minimum absolute atomic E-state index is 0.611. The summed E-state index contributed by atoms with van der Waals surface area (Å²) in [7, 11) is 0. The Balaban J connectivity index is 1.96. The van der Waals surface area contributed by atoms with Gasteiger partial charge < -0.3 is 16.0 Å². The highest BCUT2D eigenvalue weighted by Gasteiger charge is 2.14. The van der Waals surface area contributed by atoms with Gasteiger partial charge in [0, 0.05) is 13.1 Å². The van der Waals surface area contributed by atoms with Gasteiger partial charge in [0.2, 0.25) is 0 Å². The lowest BCUT2D eigenvalue weighted by Gasteiger charge is -2.30. The van der Waals surface area contributed by atoms with Crippen molar-refractivity contribution in [3.63, 3.8) is 0 Å². The summed E-state index contributed by atoms with van der Waals surface area (Å²) in [4.78, 5) is 6.95. The summed E-state index contributed by atoms with van der Waals surface area (Å²) in [6.07, 6.45) is 7.46. The molecule has 0 aromatic rings. The van der Waals surface area contributed by atoms with Crippen LogP contribution in [0.15, 0.2) is 4.99 Å². The number of aliphatic imine (C=N–C) groups is 1. The average molecular weight is 268 g/mol. The molecule has 1 aliphatic heterocycles. The van der Waals surface area contributed by atoms with E-state index in [9.17, 15) is 0 Å². The van der Waals surface area contributed by atoms with Crippen LogP contribution in [0, 0.1) is 5.92 Å². The van der Waals surface area contributed by atoms with Gasteiger partial charge in [-0.2, -0.15) is 0 Å². The fourth-order valence-corrected chi connectivity index (χ4v) is 2.38. The first kappa shape index (κ1) is 16.3. The number of nitrogens with two attached hydrogens (primary N) is 1. The van der Waals surface area contributed by atoms with Gasteiger partial charge in [0.15, 0.2) is 5.96 Å². The van der Waals surface area contributed by atoms with Crippen molar-refractivity contribution >= 4 is 5.96 Å². The van der Waals surface area contributed by atoms with Gasteiger partial charge in [-0.3, -0.25) is 4.99 Å². The molecule has 19 heavy (non-hydrogen) atoms. The maximum atomic E-state index is 5.78. The Morgan fingerprint density at radius 3 is 2.68 bits per heavy atom. The number of nitrogens with zero attached hydrogens (tertiary/aromatic N) is 2. The first-order valence-corrected chi connectivity index (χ1v) is 7.98. The summed E-state index contributed by atoms with van der Waals surface area (Å²) in [5.41, 5.74) is 5.78. The van der Waals surface area contributed by atoms with E-state index in [-0.39, 0.29) is 0 Å². The van der Waals surface area contributed by atoms with Gasteiger partial charge in [-0.05, 0) is 57.7 Å². The van der Waals surface area contributed by atoms with E-state index in [1.165, 1.54) is 45.3 Å². The Bertz CT molecular complexity index is 245. The zero-order valence-electron chi connectivity index (χ0n) is 12.8. The quantitative estimate of drug-likeness (QED) is 0.403.